The maximum Gasteiger partial charge on any atom is 0.174 e. The summed E-state index contributed by atoms with van der Waals surface area (Å²) in [6.45, 7) is 7.92. The number of ether oxygens (including phenoxy) is 3. The first-order valence-corrected chi connectivity index (χ1v) is 10.3. The number of phenols is 1. The molecule has 0 bridgehead atoms. The van der Waals surface area contributed by atoms with E-state index in [2.05, 4.69) is 6.08 Å². The summed E-state index contributed by atoms with van der Waals surface area (Å²) < 4.78 is 17.1. The third-order valence-corrected chi connectivity index (χ3v) is 5.25. The molecule has 0 saturated carbocycles. The van der Waals surface area contributed by atoms with Gasteiger partial charge < -0.3 is 19.3 Å². The summed E-state index contributed by atoms with van der Waals surface area (Å²) in [4.78, 5) is 13.3. The fourth-order valence-corrected chi connectivity index (χ4v) is 3.61. The van der Waals surface area contributed by atoms with Crippen molar-refractivity contribution >= 4 is 11.9 Å². The third-order valence-electron chi connectivity index (χ3n) is 5.25. The van der Waals surface area contributed by atoms with E-state index in [1.807, 2.05) is 64.1 Å². The van der Waals surface area contributed by atoms with Crippen LogP contribution in [0, 0.1) is 0 Å². The molecule has 164 valence electrons. The SMILES string of the molecule is COc1ccc(CC(=O)c2c(O)c3c(c(CC=C(C)C)c2OC)OC(C)(C)C=C3)cc1. The summed E-state index contributed by atoms with van der Waals surface area (Å²) in [6, 6.07) is 7.31. The maximum absolute atomic E-state index is 13.3. The molecule has 0 atom stereocenters. The number of methoxy groups -OCH3 is 2. The summed E-state index contributed by atoms with van der Waals surface area (Å²) in [5.41, 5.74) is 2.88. The lowest BCUT2D eigenvalue weighted by Gasteiger charge is -2.31. The molecule has 0 unspecified atom stereocenters. The highest BCUT2D eigenvalue weighted by Crippen LogP contribution is 2.48. The highest BCUT2D eigenvalue weighted by Gasteiger charge is 2.33. The molecule has 0 amide bonds. The van der Waals surface area contributed by atoms with Gasteiger partial charge in [-0.2, -0.15) is 0 Å². The summed E-state index contributed by atoms with van der Waals surface area (Å²) in [6.07, 6.45) is 6.42. The van der Waals surface area contributed by atoms with E-state index in [1.54, 1.807) is 7.11 Å². The number of carbonyl (C=O) groups excluding carboxylic acids is 1. The lowest BCUT2D eigenvalue weighted by atomic mass is 9.90. The average Bonchev–Trinajstić information content (AvgIpc) is 2.72. The van der Waals surface area contributed by atoms with E-state index in [-0.39, 0.29) is 23.5 Å². The molecule has 2 aromatic rings. The van der Waals surface area contributed by atoms with Crippen molar-refractivity contribution in [3.63, 3.8) is 0 Å². The van der Waals surface area contributed by atoms with Gasteiger partial charge in [-0.1, -0.05) is 23.8 Å². The molecule has 0 saturated heterocycles. The third kappa shape index (κ3) is 4.76. The lowest BCUT2D eigenvalue weighted by molar-refractivity contribution is 0.0986. The van der Waals surface area contributed by atoms with Crippen molar-refractivity contribution in [2.24, 2.45) is 0 Å². The lowest BCUT2D eigenvalue weighted by Crippen LogP contribution is -2.28. The number of benzene rings is 2. The first kappa shape index (κ1) is 22.5. The molecule has 0 aliphatic carbocycles. The molecule has 5 nitrogen and oxygen atoms in total. The van der Waals surface area contributed by atoms with Gasteiger partial charge in [0.05, 0.1) is 19.8 Å². The highest BCUT2D eigenvalue weighted by atomic mass is 16.5. The molecule has 5 heteroatoms. The molecule has 2 aromatic carbocycles. The van der Waals surface area contributed by atoms with Crippen LogP contribution in [0.4, 0.5) is 0 Å². The van der Waals surface area contributed by atoms with Crippen LogP contribution in [0.3, 0.4) is 0 Å². The van der Waals surface area contributed by atoms with Crippen molar-refractivity contribution in [2.75, 3.05) is 14.2 Å². The Balaban J connectivity index is 2.13. The van der Waals surface area contributed by atoms with Gasteiger partial charge in [0.2, 0.25) is 0 Å². The van der Waals surface area contributed by atoms with E-state index in [4.69, 9.17) is 14.2 Å². The van der Waals surface area contributed by atoms with Gasteiger partial charge >= 0.3 is 0 Å². The first-order valence-electron chi connectivity index (χ1n) is 10.3. The zero-order chi connectivity index (χ0) is 22.8. The molecule has 1 aliphatic rings. The van der Waals surface area contributed by atoms with Crippen molar-refractivity contribution < 1.29 is 24.1 Å². The highest BCUT2D eigenvalue weighted by molar-refractivity contribution is 6.04. The van der Waals surface area contributed by atoms with Gasteiger partial charge in [0.15, 0.2) is 5.78 Å². The smallest absolute Gasteiger partial charge is 0.174 e. The van der Waals surface area contributed by atoms with Crippen LogP contribution < -0.4 is 14.2 Å². The molecular formula is C26H30O5. The second-order valence-electron chi connectivity index (χ2n) is 8.45. The molecule has 0 radical (unpaired) electrons. The molecule has 1 aliphatic heterocycles. The fourth-order valence-electron chi connectivity index (χ4n) is 3.61. The average molecular weight is 423 g/mol. The van der Waals surface area contributed by atoms with Gasteiger partial charge in [0, 0.05) is 12.0 Å². The van der Waals surface area contributed by atoms with Gasteiger partial charge in [-0.3, -0.25) is 4.79 Å². The number of ketones is 1. The molecule has 3 rings (SSSR count). The predicted octanol–water partition coefficient (Wildman–Crippen LogP) is 5.53. The van der Waals surface area contributed by atoms with Gasteiger partial charge in [-0.15, -0.1) is 0 Å². The molecule has 0 fully saturated rings. The number of hydrogen-bond acceptors (Lipinski definition) is 5. The summed E-state index contributed by atoms with van der Waals surface area (Å²) in [5, 5.41) is 11.1. The number of phenolic OH excluding ortho intramolecular Hbond substituents is 1. The molecular weight excluding hydrogens is 392 g/mol. The first-order chi connectivity index (χ1) is 14.7. The number of fused-ring (bicyclic) bond motifs is 1. The quantitative estimate of drug-likeness (QED) is 0.470. The van der Waals surface area contributed by atoms with Gasteiger partial charge in [0.25, 0.3) is 0 Å². The van der Waals surface area contributed by atoms with Crippen LogP contribution >= 0.6 is 0 Å². The standard InChI is InChI=1S/C26H30O5/c1-16(2)7-12-20-24-19(13-14-26(3,4)31-24)23(28)22(25(20)30-6)21(27)15-17-8-10-18(29-5)11-9-17/h7-11,13-14,28H,12,15H2,1-6H3. The van der Waals surface area contributed by atoms with Gasteiger partial charge in [-0.25, -0.2) is 0 Å². The minimum atomic E-state index is -0.529. The number of rotatable bonds is 7. The Morgan fingerprint density at radius 1 is 1.13 bits per heavy atom. The van der Waals surface area contributed by atoms with E-state index in [0.717, 1.165) is 22.4 Å². The zero-order valence-electron chi connectivity index (χ0n) is 19.0. The summed E-state index contributed by atoms with van der Waals surface area (Å²) >= 11 is 0. The maximum atomic E-state index is 13.3. The zero-order valence-corrected chi connectivity index (χ0v) is 19.0. The summed E-state index contributed by atoms with van der Waals surface area (Å²) in [5.74, 6) is 1.30. The topological polar surface area (TPSA) is 65.0 Å². The molecule has 1 heterocycles. The van der Waals surface area contributed by atoms with Gasteiger partial charge in [-0.05, 0) is 64.0 Å². The molecule has 0 aromatic heterocycles. The number of allylic oxidation sites excluding steroid dienone is 2. The Hall–Kier alpha value is -3.21. The van der Waals surface area contributed by atoms with Crippen molar-refractivity contribution in [3.05, 3.63) is 64.2 Å². The predicted molar refractivity (Wildman–Crippen MR) is 123 cm³/mol. The van der Waals surface area contributed by atoms with E-state index in [0.29, 0.717) is 23.5 Å². The fraction of sp³-hybridized carbons (Fsp3) is 0.346. The van der Waals surface area contributed by atoms with E-state index in [9.17, 15) is 9.90 Å². The van der Waals surface area contributed by atoms with Crippen molar-refractivity contribution in [1.82, 2.24) is 0 Å². The normalized spacial score (nSPS) is 13.7. The minimum absolute atomic E-state index is 0.113. The molecule has 31 heavy (non-hydrogen) atoms. The van der Waals surface area contributed by atoms with Crippen molar-refractivity contribution in [1.29, 1.82) is 0 Å². The number of hydrogen-bond donors (Lipinski definition) is 1. The Bertz CT molecular complexity index is 1040. The number of Topliss-reactive ketones (excluding diaryl/α,β-unsaturated/α-hetero) is 1. The largest absolute Gasteiger partial charge is 0.506 e. The van der Waals surface area contributed by atoms with Crippen LogP contribution in [-0.2, 0) is 12.8 Å². The Kier molecular flexibility index (Phi) is 6.44. The van der Waals surface area contributed by atoms with Crippen LogP contribution in [0.1, 0.15) is 54.7 Å². The second kappa shape index (κ2) is 8.88. The molecule has 0 spiro atoms. The van der Waals surface area contributed by atoms with Crippen molar-refractivity contribution in [2.45, 2.75) is 46.1 Å². The number of aromatic hydroxyl groups is 1. The monoisotopic (exact) mass is 422 g/mol. The van der Waals surface area contributed by atoms with Crippen molar-refractivity contribution in [3.8, 4) is 23.0 Å². The van der Waals surface area contributed by atoms with E-state index in [1.165, 1.54) is 7.11 Å². The van der Waals surface area contributed by atoms with Crippen LogP contribution in [0.2, 0.25) is 0 Å². The van der Waals surface area contributed by atoms with Crippen LogP contribution in [0.15, 0.2) is 42.0 Å². The van der Waals surface area contributed by atoms with E-state index < -0.39 is 5.60 Å². The Morgan fingerprint density at radius 2 is 1.81 bits per heavy atom. The minimum Gasteiger partial charge on any atom is -0.506 e. The Morgan fingerprint density at radius 3 is 2.39 bits per heavy atom. The molecule has 1 N–H and O–H groups in total. The number of carbonyl (C=O) groups is 1. The van der Waals surface area contributed by atoms with Crippen LogP contribution in [0.5, 0.6) is 23.0 Å². The second-order valence-corrected chi connectivity index (χ2v) is 8.45. The summed E-state index contributed by atoms with van der Waals surface area (Å²) in [7, 11) is 3.11. The van der Waals surface area contributed by atoms with Crippen LogP contribution in [-0.4, -0.2) is 30.7 Å². The van der Waals surface area contributed by atoms with Crippen LogP contribution in [0.25, 0.3) is 6.08 Å². The Labute approximate surface area is 184 Å². The van der Waals surface area contributed by atoms with E-state index >= 15 is 0 Å². The van der Waals surface area contributed by atoms with Gasteiger partial charge in [0.1, 0.15) is 34.2 Å².